The Bertz CT molecular complexity index is 888. The van der Waals surface area contributed by atoms with Crippen molar-refractivity contribution in [3.63, 3.8) is 0 Å². The minimum absolute atomic E-state index is 0.115. The Morgan fingerprint density at radius 1 is 1.27 bits per heavy atom. The first-order valence-electron chi connectivity index (χ1n) is 6.85. The first kappa shape index (κ1) is 14.6. The van der Waals surface area contributed by atoms with Crippen molar-refractivity contribution in [1.29, 1.82) is 0 Å². The van der Waals surface area contributed by atoms with Crippen LogP contribution in [0.4, 0.5) is 5.95 Å². The highest BCUT2D eigenvalue weighted by atomic mass is 35.5. The molecule has 0 aliphatic carbocycles. The highest BCUT2D eigenvalue weighted by Crippen LogP contribution is 2.23. The first-order chi connectivity index (χ1) is 10.4. The summed E-state index contributed by atoms with van der Waals surface area (Å²) in [6.45, 7) is 6.29. The van der Waals surface area contributed by atoms with Crippen LogP contribution < -0.4 is 10.5 Å². The van der Waals surface area contributed by atoms with Crippen molar-refractivity contribution in [2.24, 2.45) is 0 Å². The molecule has 22 heavy (non-hydrogen) atoms. The monoisotopic (exact) mass is 317 g/mol. The van der Waals surface area contributed by atoms with Crippen molar-refractivity contribution in [2.45, 2.75) is 27.3 Å². The summed E-state index contributed by atoms with van der Waals surface area (Å²) in [6, 6.07) is 1.82. The van der Waals surface area contributed by atoms with E-state index in [2.05, 4.69) is 9.97 Å². The first-order valence-corrected chi connectivity index (χ1v) is 7.23. The molecule has 0 saturated heterocycles. The molecule has 3 aromatic heterocycles. The van der Waals surface area contributed by atoms with Crippen LogP contribution in [-0.2, 0) is 6.54 Å². The molecule has 0 atom stereocenters. The Hall–Kier alpha value is -2.34. The molecule has 0 unspecified atom stereocenters. The molecule has 0 bridgehead atoms. The lowest BCUT2D eigenvalue weighted by atomic mass is 10.0. The summed E-state index contributed by atoms with van der Waals surface area (Å²) >= 11 is 6.08. The molecule has 3 aromatic rings. The van der Waals surface area contributed by atoms with Gasteiger partial charge in [0.1, 0.15) is 17.3 Å². The van der Waals surface area contributed by atoms with Crippen molar-refractivity contribution in [3.8, 4) is 0 Å². The van der Waals surface area contributed by atoms with Crippen molar-refractivity contribution in [1.82, 2.24) is 14.5 Å². The van der Waals surface area contributed by atoms with Gasteiger partial charge in [0, 0.05) is 17.3 Å². The zero-order valence-electron chi connectivity index (χ0n) is 12.6. The molecule has 0 fully saturated rings. The maximum atomic E-state index is 12.2. The van der Waals surface area contributed by atoms with E-state index >= 15 is 0 Å². The Labute approximate surface area is 132 Å². The van der Waals surface area contributed by atoms with Gasteiger partial charge in [-0.15, -0.1) is 0 Å². The molecular formula is C15H16ClN5O. The Balaban J connectivity index is 2.14. The Morgan fingerprint density at radius 3 is 2.73 bits per heavy atom. The maximum absolute atomic E-state index is 12.2. The van der Waals surface area contributed by atoms with Crippen molar-refractivity contribution < 1.29 is 4.73 Å². The van der Waals surface area contributed by atoms with E-state index in [1.165, 1.54) is 0 Å². The number of pyridine rings is 1. The van der Waals surface area contributed by atoms with Crippen LogP contribution in [-0.4, -0.2) is 14.5 Å². The van der Waals surface area contributed by atoms with Gasteiger partial charge < -0.3 is 15.5 Å². The van der Waals surface area contributed by atoms with Gasteiger partial charge in [-0.05, 0) is 32.4 Å². The lowest BCUT2D eigenvalue weighted by molar-refractivity contribution is -0.615. The molecule has 6 nitrogen and oxygen atoms in total. The summed E-state index contributed by atoms with van der Waals surface area (Å²) in [5, 5.41) is 13.3. The fourth-order valence-corrected chi connectivity index (χ4v) is 2.78. The minimum Gasteiger partial charge on any atom is -0.618 e. The van der Waals surface area contributed by atoms with Gasteiger partial charge in [-0.3, -0.25) is 0 Å². The molecule has 0 aromatic carbocycles. The standard InChI is InChI=1S/C15H16ClN5O/c1-8-6-21(22)12(10(3)9(8)2)7-20-5-4-11-13(16)18-15(17)19-14(11)20/h4-6H,7H2,1-3H3,(H2,17,18,19). The second-order valence-corrected chi connectivity index (χ2v) is 5.75. The number of fused-ring (bicyclic) bond motifs is 1. The summed E-state index contributed by atoms with van der Waals surface area (Å²) in [5.74, 6) is 0.115. The van der Waals surface area contributed by atoms with Gasteiger partial charge in [-0.25, -0.2) is 4.98 Å². The van der Waals surface area contributed by atoms with Gasteiger partial charge >= 0.3 is 0 Å². The van der Waals surface area contributed by atoms with Gasteiger partial charge in [0.25, 0.3) is 0 Å². The molecule has 114 valence electrons. The summed E-state index contributed by atoms with van der Waals surface area (Å²) in [4.78, 5) is 8.16. The maximum Gasteiger partial charge on any atom is 0.223 e. The highest BCUT2D eigenvalue weighted by molar-refractivity contribution is 6.34. The molecule has 0 radical (unpaired) electrons. The van der Waals surface area contributed by atoms with E-state index in [1.54, 1.807) is 6.20 Å². The smallest absolute Gasteiger partial charge is 0.223 e. The second-order valence-electron chi connectivity index (χ2n) is 5.39. The van der Waals surface area contributed by atoms with E-state index in [0.29, 0.717) is 23.0 Å². The third kappa shape index (κ3) is 2.25. The normalized spacial score (nSPS) is 11.3. The third-order valence-corrected chi connectivity index (χ3v) is 4.36. The number of hydrogen-bond donors (Lipinski definition) is 1. The van der Waals surface area contributed by atoms with E-state index in [-0.39, 0.29) is 5.95 Å². The number of nitrogens with two attached hydrogens (primary N) is 1. The van der Waals surface area contributed by atoms with Crippen molar-refractivity contribution in [2.75, 3.05) is 5.73 Å². The van der Waals surface area contributed by atoms with Gasteiger partial charge in [-0.2, -0.15) is 9.71 Å². The fourth-order valence-electron chi connectivity index (χ4n) is 2.55. The average Bonchev–Trinajstić information content (AvgIpc) is 2.84. The van der Waals surface area contributed by atoms with Crippen LogP contribution >= 0.6 is 11.6 Å². The van der Waals surface area contributed by atoms with Crippen LogP contribution in [0.3, 0.4) is 0 Å². The van der Waals surface area contributed by atoms with Gasteiger partial charge in [-0.1, -0.05) is 11.6 Å². The van der Waals surface area contributed by atoms with Crippen LogP contribution in [0.25, 0.3) is 11.0 Å². The van der Waals surface area contributed by atoms with Gasteiger partial charge in [0.2, 0.25) is 11.6 Å². The predicted octanol–water partition coefficient (Wildman–Crippen LogP) is 2.27. The number of rotatable bonds is 2. The summed E-state index contributed by atoms with van der Waals surface area (Å²) in [5.41, 5.74) is 10.0. The lowest BCUT2D eigenvalue weighted by Gasteiger charge is -2.13. The Morgan fingerprint density at radius 2 is 2.00 bits per heavy atom. The quantitative estimate of drug-likeness (QED) is 0.446. The summed E-state index contributed by atoms with van der Waals surface area (Å²) in [6.07, 6.45) is 3.43. The molecular weight excluding hydrogens is 302 g/mol. The SMILES string of the molecule is Cc1c[n+]([O-])c(Cn2ccc3c(Cl)nc(N)nc32)c(C)c1C. The largest absolute Gasteiger partial charge is 0.618 e. The van der Waals surface area contributed by atoms with Crippen LogP contribution in [0.1, 0.15) is 22.4 Å². The number of aryl methyl sites for hydroxylation is 1. The zero-order chi connectivity index (χ0) is 16.0. The number of aromatic nitrogens is 4. The van der Waals surface area contributed by atoms with Crippen LogP contribution in [0, 0.1) is 26.0 Å². The van der Waals surface area contributed by atoms with Gasteiger partial charge in [0.05, 0.1) is 5.39 Å². The van der Waals surface area contributed by atoms with Gasteiger partial charge in [0.15, 0.2) is 6.20 Å². The zero-order valence-corrected chi connectivity index (χ0v) is 13.3. The van der Waals surface area contributed by atoms with E-state index in [0.717, 1.165) is 26.8 Å². The highest BCUT2D eigenvalue weighted by Gasteiger charge is 2.17. The van der Waals surface area contributed by atoms with E-state index < -0.39 is 0 Å². The molecule has 2 N–H and O–H groups in total. The van der Waals surface area contributed by atoms with E-state index in [1.807, 2.05) is 37.6 Å². The molecule has 0 saturated carbocycles. The number of nitrogens with zero attached hydrogens (tertiary/aromatic N) is 4. The fraction of sp³-hybridized carbons (Fsp3) is 0.267. The Kier molecular flexibility index (Phi) is 3.41. The van der Waals surface area contributed by atoms with Crippen molar-refractivity contribution >= 4 is 28.6 Å². The topological polar surface area (TPSA) is 83.7 Å². The number of hydrogen-bond acceptors (Lipinski definition) is 4. The molecule has 3 heterocycles. The van der Waals surface area contributed by atoms with Crippen LogP contribution in [0.15, 0.2) is 18.5 Å². The summed E-state index contributed by atoms with van der Waals surface area (Å²) < 4.78 is 2.76. The van der Waals surface area contributed by atoms with Crippen LogP contribution in [0.2, 0.25) is 5.15 Å². The van der Waals surface area contributed by atoms with E-state index in [4.69, 9.17) is 17.3 Å². The third-order valence-electron chi connectivity index (χ3n) is 4.07. The number of anilines is 1. The number of nitrogen functional groups attached to an aromatic ring is 1. The van der Waals surface area contributed by atoms with Crippen LogP contribution in [0.5, 0.6) is 0 Å². The predicted molar refractivity (Wildman–Crippen MR) is 85.7 cm³/mol. The number of halogens is 1. The molecule has 7 heteroatoms. The molecule has 3 rings (SSSR count). The molecule has 0 amide bonds. The van der Waals surface area contributed by atoms with Crippen molar-refractivity contribution in [3.05, 3.63) is 51.2 Å². The lowest BCUT2D eigenvalue weighted by Crippen LogP contribution is -2.35. The molecule has 0 aliphatic rings. The van der Waals surface area contributed by atoms with E-state index in [9.17, 15) is 5.21 Å². The minimum atomic E-state index is 0.115. The molecule has 0 aliphatic heterocycles. The second kappa shape index (κ2) is 5.14. The average molecular weight is 318 g/mol. The molecule has 0 spiro atoms. The summed E-state index contributed by atoms with van der Waals surface area (Å²) in [7, 11) is 0.